The Morgan fingerprint density at radius 1 is 1.26 bits per heavy atom. The summed E-state index contributed by atoms with van der Waals surface area (Å²) in [5, 5.41) is 3.19. The molecule has 1 amide bonds. The van der Waals surface area contributed by atoms with Crippen LogP contribution in [0.4, 0.5) is 0 Å². The molecule has 1 N–H and O–H groups in total. The Morgan fingerprint density at radius 3 is 2.53 bits per heavy atom. The van der Waals surface area contributed by atoms with Gasteiger partial charge in [-0.15, -0.1) is 0 Å². The van der Waals surface area contributed by atoms with E-state index in [-0.39, 0.29) is 11.4 Å². The Hall–Kier alpha value is -1.57. The van der Waals surface area contributed by atoms with Gasteiger partial charge in [-0.1, -0.05) is 29.8 Å². The van der Waals surface area contributed by atoms with Crippen LogP contribution in [0.1, 0.15) is 50.4 Å². The summed E-state index contributed by atoms with van der Waals surface area (Å²) in [6.07, 6.45) is 5.68. The van der Waals surface area contributed by atoms with Gasteiger partial charge in [-0.2, -0.15) is 0 Å². The first-order valence-electron chi connectivity index (χ1n) is 7.02. The molecule has 1 atom stereocenters. The predicted octanol–water partition coefficient (Wildman–Crippen LogP) is 3.94. The second-order valence-electron chi connectivity index (χ2n) is 6.06. The number of allylic oxidation sites excluding steroid dienone is 2. The van der Waals surface area contributed by atoms with E-state index >= 15 is 0 Å². The minimum absolute atomic E-state index is 0.0249. The van der Waals surface area contributed by atoms with E-state index in [4.69, 9.17) is 0 Å². The maximum absolute atomic E-state index is 12.2. The standard InChI is InChI=1S/C17H23NO/c1-13-9-11-15(12-10-13)17(2,3)18-16(19)14-7-5-4-6-8-14/h4-9,15H,10-12H2,1-3H3,(H,18,19). The Labute approximate surface area is 115 Å². The van der Waals surface area contributed by atoms with E-state index in [1.54, 1.807) is 0 Å². The molecule has 0 heterocycles. The first kappa shape index (κ1) is 13.9. The normalized spacial score (nSPS) is 19.7. The number of rotatable bonds is 3. The molecular formula is C17H23NO. The molecule has 1 aromatic rings. The van der Waals surface area contributed by atoms with E-state index in [0.717, 1.165) is 24.8 Å². The van der Waals surface area contributed by atoms with Gasteiger partial charge in [0.25, 0.3) is 5.91 Å². The van der Waals surface area contributed by atoms with Gasteiger partial charge in [0.2, 0.25) is 0 Å². The zero-order valence-corrected chi connectivity index (χ0v) is 12.1. The number of hydrogen-bond donors (Lipinski definition) is 1. The zero-order chi connectivity index (χ0) is 13.9. The van der Waals surface area contributed by atoms with Crippen molar-refractivity contribution in [1.29, 1.82) is 0 Å². The Kier molecular flexibility index (Phi) is 4.08. The molecular weight excluding hydrogens is 234 g/mol. The van der Waals surface area contributed by atoms with Crippen LogP contribution in [-0.2, 0) is 0 Å². The molecule has 2 rings (SSSR count). The first-order valence-corrected chi connectivity index (χ1v) is 7.02. The highest BCUT2D eigenvalue weighted by Crippen LogP contribution is 2.31. The van der Waals surface area contributed by atoms with Crippen molar-refractivity contribution in [2.75, 3.05) is 0 Å². The quantitative estimate of drug-likeness (QED) is 0.816. The third-order valence-electron chi connectivity index (χ3n) is 4.13. The SMILES string of the molecule is CC1=CCC(C(C)(C)NC(=O)c2ccccc2)CC1. The third-order valence-corrected chi connectivity index (χ3v) is 4.13. The molecule has 0 radical (unpaired) electrons. The monoisotopic (exact) mass is 257 g/mol. The van der Waals surface area contributed by atoms with Crippen molar-refractivity contribution in [3.05, 3.63) is 47.5 Å². The van der Waals surface area contributed by atoms with Crippen LogP contribution in [0.2, 0.25) is 0 Å². The van der Waals surface area contributed by atoms with Crippen LogP contribution in [0.25, 0.3) is 0 Å². The Morgan fingerprint density at radius 2 is 1.95 bits per heavy atom. The molecule has 0 saturated heterocycles. The molecule has 0 aliphatic heterocycles. The fraction of sp³-hybridized carbons (Fsp3) is 0.471. The summed E-state index contributed by atoms with van der Waals surface area (Å²) in [6.45, 7) is 6.45. The van der Waals surface area contributed by atoms with Crippen LogP contribution in [0.15, 0.2) is 42.0 Å². The van der Waals surface area contributed by atoms with Gasteiger partial charge < -0.3 is 5.32 Å². The molecule has 0 aromatic heterocycles. The highest BCUT2D eigenvalue weighted by atomic mass is 16.1. The van der Waals surface area contributed by atoms with Crippen molar-refractivity contribution in [2.24, 2.45) is 5.92 Å². The minimum Gasteiger partial charge on any atom is -0.347 e. The van der Waals surface area contributed by atoms with Crippen molar-refractivity contribution in [1.82, 2.24) is 5.32 Å². The average Bonchev–Trinajstić information content (AvgIpc) is 2.40. The molecule has 1 aliphatic carbocycles. The minimum atomic E-state index is -0.163. The lowest BCUT2D eigenvalue weighted by Gasteiger charge is -2.37. The molecule has 1 aromatic carbocycles. The second-order valence-corrected chi connectivity index (χ2v) is 6.06. The highest BCUT2D eigenvalue weighted by molar-refractivity contribution is 5.94. The Balaban J connectivity index is 2.03. The largest absolute Gasteiger partial charge is 0.347 e. The molecule has 0 bridgehead atoms. The summed E-state index contributed by atoms with van der Waals surface area (Å²) in [4.78, 5) is 12.2. The fourth-order valence-electron chi connectivity index (χ4n) is 2.68. The molecule has 1 aliphatic rings. The molecule has 2 heteroatoms. The number of nitrogens with one attached hydrogen (secondary N) is 1. The smallest absolute Gasteiger partial charge is 0.251 e. The first-order chi connectivity index (χ1) is 8.99. The number of carbonyl (C=O) groups is 1. The van der Waals surface area contributed by atoms with Crippen LogP contribution >= 0.6 is 0 Å². The topological polar surface area (TPSA) is 29.1 Å². The van der Waals surface area contributed by atoms with E-state index < -0.39 is 0 Å². The summed E-state index contributed by atoms with van der Waals surface area (Å²) in [6, 6.07) is 9.44. The summed E-state index contributed by atoms with van der Waals surface area (Å²) in [5.74, 6) is 0.542. The van der Waals surface area contributed by atoms with Gasteiger partial charge in [0.1, 0.15) is 0 Å². The van der Waals surface area contributed by atoms with Crippen LogP contribution in [0.5, 0.6) is 0 Å². The fourth-order valence-corrected chi connectivity index (χ4v) is 2.68. The van der Waals surface area contributed by atoms with Crippen molar-refractivity contribution < 1.29 is 4.79 Å². The van der Waals surface area contributed by atoms with Crippen LogP contribution < -0.4 is 5.32 Å². The molecule has 19 heavy (non-hydrogen) atoms. The van der Waals surface area contributed by atoms with E-state index in [1.807, 2.05) is 30.3 Å². The van der Waals surface area contributed by atoms with Crippen molar-refractivity contribution in [3.63, 3.8) is 0 Å². The highest BCUT2D eigenvalue weighted by Gasteiger charge is 2.31. The number of amides is 1. The maximum atomic E-state index is 12.2. The van der Waals surface area contributed by atoms with Gasteiger partial charge in [-0.25, -0.2) is 0 Å². The van der Waals surface area contributed by atoms with Gasteiger partial charge >= 0.3 is 0 Å². The van der Waals surface area contributed by atoms with Gasteiger partial charge in [0, 0.05) is 11.1 Å². The predicted molar refractivity (Wildman–Crippen MR) is 79.1 cm³/mol. The van der Waals surface area contributed by atoms with Crippen LogP contribution in [0.3, 0.4) is 0 Å². The van der Waals surface area contributed by atoms with E-state index in [2.05, 4.69) is 32.2 Å². The van der Waals surface area contributed by atoms with Crippen molar-refractivity contribution in [2.45, 2.75) is 45.6 Å². The van der Waals surface area contributed by atoms with Crippen LogP contribution in [-0.4, -0.2) is 11.4 Å². The van der Waals surface area contributed by atoms with Gasteiger partial charge in [-0.3, -0.25) is 4.79 Å². The maximum Gasteiger partial charge on any atom is 0.251 e. The van der Waals surface area contributed by atoms with Crippen LogP contribution in [0, 0.1) is 5.92 Å². The average molecular weight is 257 g/mol. The molecule has 0 fully saturated rings. The summed E-state index contributed by atoms with van der Waals surface area (Å²) in [7, 11) is 0. The van der Waals surface area contributed by atoms with Gasteiger partial charge in [0.15, 0.2) is 0 Å². The molecule has 0 spiro atoms. The number of benzene rings is 1. The summed E-state index contributed by atoms with van der Waals surface area (Å²) in [5.41, 5.74) is 2.05. The van der Waals surface area contributed by atoms with E-state index in [9.17, 15) is 4.79 Å². The van der Waals surface area contributed by atoms with E-state index in [0.29, 0.717) is 5.92 Å². The molecule has 1 unspecified atom stereocenters. The van der Waals surface area contributed by atoms with E-state index in [1.165, 1.54) is 5.57 Å². The summed E-state index contributed by atoms with van der Waals surface area (Å²) >= 11 is 0. The third kappa shape index (κ3) is 3.46. The second kappa shape index (κ2) is 5.60. The van der Waals surface area contributed by atoms with Gasteiger partial charge in [0.05, 0.1) is 0 Å². The number of hydrogen-bond acceptors (Lipinski definition) is 1. The van der Waals surface area contributed by atoms with Crippen molar-refractivity contribution >= 4 is 5.91 Å². The lowest BCUT2D eigenvalue weighted by atomic mass is 9.77. The molecule has 2 nitrogen and oxygen atoms in total. The van der Waals surface area contributed by atoms with Gasteiger partial charge in [-0.05, 0) is 58.1 Å². The Bertz CT molecular complexity index is 473. The zero-order valence-electron chi connectivity index (χ0n) is 12.1. The lowest BCUT2D eigenvalue weighted by molar-refractivity contribution is 0.0874. The lowest BCUT2D eigenvalue weighted by Crippen LogP contribution is -2.49. The molecule has 0 saturated carbocycles. The van der Waals surface area contributed by atoms with Crippen molar-refractivity contribution in [3.8, 4) is 0 Å². The number of carbonyl (C=O) groups excluding carboxylic acids is 1. The molecule has 102 valence electrons. The summed E-state index contributed by atoms with van der Waals surface area (Å²) < 4.78 is 0.